The zero-order chi connectivity index (χ0) is 11.6. The molecule has 0 aliphatic carbocycles. The zero-order valence-corrected chi connectivity index (χ0v) is 9.68. The fourth-order valence-electron chi connectivity index (χ4n) is 1.37. The first-order chi connectivity index (χ1) is 6.97. The molecule has 0 bridgehead atoms. The molecular weight excluding hydrogens is 188 g/mol. The molecule has 2 nitrogen and oxygen atoms in total. The van der Waals surface area contributed by atoms with Gasteiger partial charge in [-0.05, 0) is 49.6 Å². The number of ether oxygens (including phenoxy) is 1. The van der Waals surface area contributed by atoms with E-state index < -0.39 is 0 Å². The largest absolute Gasteiger partial charge is 0.496 e. The van der Waals surface area contributed by atoms with Crippen LogP contribution >= 0.6 is 0 Å². The van der Waals surface area contributed by atoms with Crippen molar-refractivity contribution in [1.29, 1.82) is 0 Å². The number of carbonyl (C=O) groups excluding carboxylic acids is 1. The van der Waals surface area contributed by atoms with Gasteiger partial charge >= 0.3 is 0 Å². The summed E-state index contributed by atoms with van der Waals surface area (Å²) in [5.41, 5.74) is 3.31. The van der Waals surface area contributed by atoms with E-state index in [1.54, 1.807) is 14.0 Å². The summed E-state index contributed by atoms with van der Waals surface area (Å²) in [4.78, 5) is 11.8. The molecule has 0 aliphatic rings. The minimum atomic E-state index is -0.0602. The summed E-state index contributed by atoms with van der Waals surface area (Å²) >= 11 is 0. The molecule has 0 saturated heterocycles. The molecule has 0 fully saturated rings. The van der Waals surface area contributed by atoms with Crippen LogP contribution in [0.25, 0.3) is 0 Å². The second-order valence-corrected chi connectivity index (χ2v) is 3.75. The Morgan fingerprint density at radius 3 is 2.27 bits per heavy atom. The maximum Gasteiger partial charge on any atom is 0.191 e. The Balaban J connectivity index is 3.34. The summed E-state index contributed by atoms with van der Waals surface area (Å²) in [5, 5.41) is 0. The summed E-state index contributed by atoms with van der Waals surface area (Å²) in [5.74, 6) is 0.557. The predicted octanol–water partition coefficient (Wildman–Crippen LogP) is 3.07. The van der Waals surface area contributed by atoms with E-state index in [-0.39, 0.29) is 5.78 Å². The van der Waals surface area contributed by atoms with Crippen molar-refractivity contribution >= 4 is 5.78 Å². The number of hydrogen-bond donors (Lipinski definition) is 0. The van der Waals surface area contributed by atoms with E-state index in [0.29, 0.717) is 16.9 Å². The van der Waals surface area contributed by atoms with Crippen LogP contribution in [0.3, 0.4) is 0 Å². The molecule has 0 saturated carbocycles. The van der Waals surface area contributed by atoms with Crippen molar-refractivity contribution in [3.05, 3.63) is 41.0 Å². The molecule has 0 aliphatic heterocycles. The third-order valence-electron chi connectivity index (χ3n) is 2.45. The number of methoxy groups -OCH3 is 1. The predicted molar refractivity (Wildman–Crippen MR) is 61.6 cm³/mol. The third kappa shape index (κ3) is 2.27. The Morgan fingerprint density at radius 2 is 1.80 bits per heavy atom. The van der Waals surface area contributed by atoms with Crippen molar-refractivity contribution < 1.29 is 9.53 Å². The Morgan fingerprint density at radius 1 is 1.27 bits per heavy atom. The number of allylic oxidation sites excluding steroid dienone is 1. The van der Waals surface area contributed by atoms with Crippen LogP contribution < -0.4 is 4.74 Å². The normalized spacial score (nSPS) is 9.87. The lowest BCUT2D eigenvalue weighted by Crippen LogP contribution is -2.04. The zero-order valence-electron chi connectivity index (χ0n) is 9.68. The number of rotatable bonds is 3. The van der Waals surface area contributed by atoms with Gasteiger partial charge in [-0.25, -0.2) is 0 Å². The molecule has 2 heteroatoms. The quantitative estimate of drug-likeness (QED) is 0.558. The van der Waals surface area contributed by atoms with Crippen molar-refractivity contribution in [2.45, 2.75) is 20.8 Å². The highest BCUT2D eigenvalue weighted by atomic mass is 16.5. The molecule has 1 rings (SSSR count). The maximum absolute atomic E-state index is 11.8. The van der Waals surface area contributed by atoms with Gasteiger partial charge in [-0.1, -0.05) is 6.58 Å². The van der Waals surface area contributed by atoms with Gasteiger partial charge in [0.15, 0.2) is 5.78 Å². The number of hydrogen-bond acceptors (Lipinski definition) is 2. The fraction of sp³-hybridized carbons (Fsp3) is 0.308. The van der Waals surface area contributed by atoms with E-state index in [9.17, 15) is 4.79 Å². The van der Waals surface area contributed by atoms with Crippen molar-refractivity contribution in [3.63, 3.8) is 0 Å². The molecule has 1 aromatic carbocycles. The first kappa shape index (κ1) is 11.5. The van der Waals surface area contributed by atoms with Gasteiger partial charge in [-0.2, -0.15) is 0 Å². The van der Waals surface area contributed by atoms with Crippen LogP contribution in [-0.2, 0) is 0 Å². The molecule has 0 amide bonds. The minimum absolute atomic E-state index is 0.0602. The third-order valence-corrected chi connectivity index (χ3v) is 2.45. The Bertz CT molecular complexity index is 417. The van der Waals surface area contributed by atoms with E-state index >= 15 is 0 Å². The van der Waals surface area contributed by atoms with Crippen LogP contribution in [0.1, 0.15) is 28.4 Å². The average Bonchev–Trinajstić information content (AvgIpc) is 2.20. The van der Waals surface area contributed by atoms with Crippen LogP contribution in [0.15, 0.2) is 24.3 Å². The van der Waals surface area contributed by atoms with Crippen LogP contribution in [-0.4, -0.2) is 12.9 Å². The van der Waals surface area contributed by atoms with Crippen molar-refractivity contribution in [2.24, 2.45) is 0 Å². The Kier molecular flexibility index (Phi) is 3.30. The van der Waals surface area contributed by atoms with Crippen LogP contribution in [0.5, 0.6) is 5.75 Å². The fourth-order valence-corrected chi connectivity index (χ4v) is 1.37. The van der Waals surface area contributed by atoms with Gasteiger partial charge in [0.1, 0.15) is 5.75 Å². The highest BCUT2D eigenvalue weighted by molar-refractivity contribution is 6.09. The van der Waals surface area contributed by atoms with Gasteiger partial charge in [-0.15, -0.1) is 0 Å². The monoisotopic (exact) mass is 204 g/mol. The molecule has 0 spiro atoms. The summed E-state index contributed by atoms with van der Waals surface area (Å²) in [6.07, 6.45) is 0. The highest BCUT2D eigenvalue weighted by Crippen LogP contribution is 2.24. The summed E-state index contributed by atoms with van der Waals surface area (Å²) in [7, 11) is 1.57. The number of carbonyl (C=O) groups is 1. The highest BCUT2D eigenvalue weighted by Gasteiger charge is 2.14. The first-order valence-corrected chi connectivity index (χ1v) is 4.82. The summed E-state index contributed by atoms with van der Waals surface area (Å²) < 4.78 is 5.19. The lowest BCUT2D eigenvalue weighted by molar-refractivity contribution is 0.103. The molecular formula is C13H16O2. The number of ketones is 1. The van der Waals surface area contributed by atoms with Crippen molar-refractivity contribution in [1.82, 2.24) is 0 Å². The van der Waals surface area contributed by atoms with E-state index in [0.717, 1.165) is 11.1 Å². The maximum atomic E-state index is 11.8. The van der Waals surface area contributed by atoms with Gasteiger partial charge in [0.05, 0.1) is 12.7 Å². The van der Waals surface area contributed by atoms with Gasteiger partial charge < -0.3 is 4.74 Å². The Labute approximate surface area is 90.6 Å². The lowest BCUT2D eigenvalue weighted by Gasteiger charge is -2.10. The number of aryl methyl sites for hydroxylation is 2. The standard InChI is InChI=1S/C13H16O2/c1-8(2)13(14)11-6-9(3)10(4)7-12(11)15-5/h6-7H,1H2,2-5H3. The van der Waals surface area contributed by atoms with Crippen molar-refractivity contribution in [3.8, 4) is 5.75 Å². The van der Waals surface area contributed by atoms with Gasteiger partial charge in [-0.3, -0.25) is 4.79 Å². The van der Waals surface area contributed by atoms with Gasteiger partial charge in [0, 0.05) is 0 Å². The van der Waals surface area contributed by atoms with Gasteiger partial charge in [0.2, 0.25) is 0 Å². The molecule has 15 heavy (non-hydrogen) atoms. The molecule has 0 unspecified atom stereocenters. The minimum Gasteiger partial charge on any atom is -0.496 e. The molecule has 1 aromatic rings. The lowest BCUT2D eigenvalue weighted by atomic mass is 9.99. The molecule has 80 valence electrons. The molecule has 0 aromatic heterocycles. The molecule has 0 N–H and O–H groups in total. The first-order valence-electron chi connectivity index (χ1n) is 4.82. The summed E-state index contributed by atoms with van der Waals surface area (Å²) in [6, 6.07) is 3.73. The molecule has 0 radical (unpaired) electrons. The summed E-state index contributed by atoms with van der Waals surface area (Å²) in [6.45, 7) is 9.33. The van der Waals surface area contributed by atoms with Crippen LogP contribution in [0.4, 0.5) is 0 Å². The Hall–Kier alpha value is -1.57. The van der Waals surface area contributed by atoms with Crippen LogP contribution in [0.2, 0.25) is 0 Å². The molecule has 0 atom stereocenters. The van der Waals surface area contributed by atoms with E-state index in [4.69, 9.17) is 4.74 Å². The average molecular weight is 204 g/mol. The second-order valence-electron chi connectivity index (χ2n) is 3.75. The van der Waals surface area contributed by atoms with Gasteiger partial charge in [0.25, 0.3) is 0 Å². The van der Waals surface area contributed by atoms with E-state index in [2.05, 4.69) is 6.58 Å². The van der Waals surface area contributed by atoms with Crippen LogP contribution in [0, 0.1) is 13.8 Å². The smallest absolute Gasteiger partial charge is 0.191 e. The second kappa shape index (κ2) is 4.30. The van der Waals surface area contributed by atoms with E-state index in [1.165, 1.54) is 0 Å². The SMILES string of the molecule is C=C(C)C(=O)c1cc(C)c(C)cc1OC. The topological polar surface area (TPSA) is 26.3 Å². The van der Waals surface area contributed by atoms with Crippen molar-refractivity contribution in [2.75, 3.05) is 7.11 Å². The van der Waals surface area contributed by atoms with E-state index in [1.807, 2.05) is 26.0 Å². The number of Topliss-reactive ketones (excluding diaryl/α,β-unsaturated/α-hetero) is 1. The molecule has 0 heterocycles. The number of benzene rings is 1.